The monoisotopic (exact) mass is 252 g/mol. The quantitative estimate of drug-likeness (QED) is 0.799. The predicted octanol–water partition coefficient (Wildman–Crippen LogP) is 3.74. The Balaban J connectivity index is 2.43. The first-order valence-electron chi connectivity index (χ1n) is 5.25. The van der Waals surface area contributed by atoms with E-state index in [0.29, 0.717) is 5.56 Å². The van der Waals surface area contributed by atoms with Gasteiger partial charge >= 0.3 is 0 Å². The van der Waals surface area contributed by atoms with Crippen molar-refractivity contribution in [1.29, 1.82) is 0 Å². The van der Waals surface area contributed by atoms with Crippen LogP contribution < -0.4 is 11.1 Å². The van der Waals surface area contributed by atoms with Crippen molar-refractivity contribution in [3.05, 3.63) is 53.3 Å². The second-order valence-corrected chi connectivity index (χ2v) is 3.91. The van der Waals surface area contributed by atoms with Gasteiger partial charge in [0.2, 0.25) is 0 Å². The largest absolute Gasteiger partial charge is 0.397 e. The molecule has 0 atom stereocenters. The fourth-order valence-electron chi connectivity index (χ4n) is 1.56. The standard InChI is InChI=1S/C13H11F3N2/c1-7-5-12(11(17)6-10(7)16)18-13-8(14)3-2-4-9(13)15/h2-6,18H,17H2,1H3. The van der Waals surface area contributed by atoms with E-state index >= 15 is 0 Å². The molecule has 0 saturated heterocycles. The van der Waals surface area contributed by atoms with Crippen LogP contribution in [0.1, 0.15) is 5.56 Å². The summed E-state index contributed by atoms with van der Waals surface area (Å²) in [7, 11) is 0. The molecule has 0 heterocycles. The molecule has 0 aliphatic rings. The molecule has 0 unspecified atom stereocenters. The van der Waals surface area contributed by atoms with Crippen molar-refractivity contribution in [3.8, 4) is 0 Å². The van der Waals surface area contributed by atoms with Gasteiger partial charge in [-0.2, -0.15) is 0 Å². The van der Waals surface area contributed by atoms with Crippen molar-refractivity contribution in [1.82, 2.24) is 0 Å². The van der Waals surface area contributed by atoms with Crippen LogP contribution >= 0.6 is 0 Å². The topological polar surface area (TPSA) is 38.0 Å². The van der Waals surface area contributed by atoms with Crippen LogP contribution in [0, 0.1) is 24.4 Å². The summed E-state index contributed by atoms with van der Waals surface area (Å²) in [5.74, 6) is -1.94. The van der Waals surface area contributed by atoms with Gasteiger partial charge in [0, 0.05) is 0 Å². The summed E-state index contributed by atoms with van der Waals surface area (Å²) in [5.41, 5.74) is 5.96. The zero-order valence-electron chi connectivity index (χ0n) is 9.60. The second kappa shape index (κ2) is 4.60. The average Bonchev–Trinajstić information content (AvgIpc) is 2.30. The van der Waals surface area contributed by atoms with Gasteiger partial charge in [-0.1, -0.05) is 6.07 Å². The van der Waals surface area contributed by atoms with Gasteiger partial charge in [-0.15, -0.1) is 0 Å². The van der Waals surface area contributed by atoms with E-state index in [1.54, 1.807) is 0 Å². The number of nitrogens with one attached hydrogen (secondary N) is 1. The predicted molar refractivity (Wildman–Crippen MR) is 65.2 cm³/mol. The number of para-hydroxylation sites is 1. The SMILES string of the molecule is Cc1cc(Nc2c(F)cccc2F)c(N)cc1F. The number of aryl methyl sites for hydroxylation is 1. The summed E-state index contributed by atoms with van der Waals surface area (Å²) in [6, 6.07) is 6.01. The molecule has 0 aliphatic heterocycles. The lowest BCUT2D eigenvalue weighted by molar-refractivity contribution is 0.591. The third kappa shape index (κ3) is 2.25. The molecule has 0 bridgehead atoms. The molecular formula is C13H11F3N2. The van der Waals surface area contributed by atoms with E-state index in [4.69, 9.17) is 5.73 Å². The zero-order valence-corrected chi connectivity index (χ0v) is 9.60. The van der Waals surface area contributed by atoms with Crippen LogP contribution in [0.2, 0.25) is 0 Å². The Morgan fingerprint density at radius 1 is 1.00 bits per heavy atom. The Hall–Kier alpha value is -2.17. The van der Waals surface area contributed by atoms with E-state index in [-0.39, 0.29) is 17.1 Å². The maximum absolute atomic E-state index is 13.4. The number of benzene rings is 2. The highest BCUT2D eigenvalue weighted by atomic mass is 19.1. The summed E-state index contributed by atoms with van der Waals surface area (Å²) in [5, 5.41) is 2.54. The third-order valence-corrected chi connectivity index (χ3v) is 2.55. The number of halogens is 3. The van der Waals surface area contributed by atoms with E-state index in [9.17, 15) is 13.2 Å². The van der Waals surface area contributed by atoms with Gasteiger partial charge in [0.05, 0.1) is 11.4 Å². The smallest absolute Gasteiger partial charge is 0.149 e. The highest BCUT2D eigenvalue weighted by Gasteiger charge is 2.11. The fourth-order valence-corrected chi connectivity index (χ4v) is 1.56. The molecule has 2 aromatic rings. The lowest BCUT2D eigenvalue weighted by atomic mass is 10.1. The molecule has 0 saturated carbocycles. The number of rotatable bonds is 2. The minimum Gasteiger partial charge on any atom is -0.397 e. The highest BCUT2D eigenvalue weighted by molar-refractivity contribution is 5.73. The Bertz CT molecular complexity index is 577. The van der Waals surface area contributed by atoms with Gasteiger partial charge in [-0.25, -0.2) is 13.2 Å². The molecule has 0 amide bonds. The molecule has 0 fully saturated rings. The van der Waals surface area contributed by atoms with Crippen molar-refractivity contribution in [3.63, 3.8) is 0 Å². The molecule has 2 rings (SSSR count). The van der Waals surface area contributed by atoms with Crippen molar-refractivity contribution in [2.75, 3.05) is 11.1 Å². The van der Waals surface area contributed by atoms with Crippen molar-refractivity contribution >= 4 is 17.1 Å². The summed E-state index contributed by atoms with van der Waals surface area (Å²) in [6.45, 7) is 1.54. The van der Waals surface area contributed by atoms with E-state index in [1.807, 2.05) is 0 Å². The Morgan fingerprint density at radius 2 is 1.61 bits per heavy atom. The summed E-state index contributed by atoms with van der Waals surface area (Å²) in [6.07, 6.45) is 0. The van der Waals surface area contributed by atoms with Crippen molar-refractivity contribution < 1.29 is 13.2 Å². The van der Waals surface area contributed by atoms with Crippen molar-refractivity contribution in [2.24, 2.45) is 0 Å². The minimum absolute atomic E-state index is 0.0840. The fraction of sp³-hybridized carbons (Fsp3) is 0.0769. The molecule has 94 valence electrons. The first kappa shape index (κ1) is 12.3. The molecular weight excluding hydrogens is 241 g/mol. The van der Waals surface area contributed by atoms with E-state index in [1.165, 1.54) is 19.1 Å². The van der Waals surface area contributed by atoms with Crippen LogP contribution in [0.5, 0.6) is 0 Å². The van der Waals surface area contributed by atoms with Gasteiger partial charge in [0.25, 0.3) is 0 Å². The summed E-state index contributed by atoms with van der Waals surface area (Å²) < 4.78 is 40.1. The maximum Gasteiger partial charge on any atom is 0.149 e. The number of anilines is 3. The van der Waals surface area contributed by atoms with Crippen LogP contribution in [0.3, 0.4) is 0 Å². The second-order valence-electron chi connectivity index (χ2n) is 3.91. The van der Waals surface area contributed by atoms with Crippen LogP contribution in [-0.4, -0.2) is 0 Å². The Morgan fingerprint density at radius 3 is 2.22 bits per heavy atom. The van der Waals surface area contributed by atoms with Gasteiger partial charge in [-0.05, 0) is 36.8 Å². The van der Waals surface area contributed by atoms with Crippen LogP contribution in [0.15, 0.2) is 30.3 Å². The number of nitrogens with two attached hydrogens (primary N) is 1. The number of hydrogen-bond donors (Lipinski definition) is 2. The maximum atomic E-state index is 13.4. The van der Waals surface area contributed by atoms with Gasteiger partial charge < -0.3 is 11.1 Å². The van der Waals surface area contributed by atoms with Crippen LogP contribution in [-0.2, 0) is 0 Å². The Kier molecular flexibility index (Phi) is 3.14. The molecule has 0 spiro atoms. The lowest BCUT2D eigenvalue weighted by Gasteiger charge is -2.12. The van der Waals surface area contributed by atoms with E-state index in [0.717, 1.165) is 18.2 Å². The van der Waals surface area contributed by atoms with Gasteiger partial charge in [0.15, 0.2) is 0 Å². The molecule has 5 heteroatoms. The summed E-state index contributed by atoms with van der Waals surface area (Å²) in [4.78, 5) is 0. The first-order valence-corrected chi connectivity index (χ1v) is 5.25. The Labute approximate surface area is 102 Å². The van der Waals surface area contributed by atoms with Crippen LogP contribution in [0.25, 0.3) is 0 Å². The molecule has 3 N–H and O–H groups in total. The van der Waals surface area contributed by atoms with Gasteiger partial charge in [-0.3, -0.25) is 0 Å². The van der Waals surface area contributed by atoms with Crippen LogP contribution in [0.4, 0.5) is 30.2 Å². The van der Waals surface area contributed by atoms with Crippen molar-refractivity contribution in [2.45, 2.75) is 6.92 Å². The normalized spacial score (nSPS) is 10.4. The highest BCUT2D eigenvalue weighted by Crippen LogP contribution is 2.28. The number of hydrogen-bond acceptors (Lipinski definition) is 2. The summed E-state index contributed by atoms with van der Waals surface area (Å²) >= 11 is 0. The zero-order chi connectivity index (χ0) is 13.3. The molecule has 2 aromatic carbocycles. The third-order valence-electron chi connectivity index (χ3n) is 2.55. The first-order chi connectivity index (χ1) is 8.49. The number of nitrogen functional groups attached to an aromatic ring is 1. The minimum atomic E-state index is -0.739. The molecule has 2 nitrogen and oxygen atoms in total. The molecule has 0 aliphatic carbocycles. The van der Waals surface area contributed by atoms with E-state index in [2.05, 4.69) is 5.32 Å². The lowest BCUT2D eigenvalue weighted by Crippen LogP contribution is -2.02. The molecule has 0 aromatic heterocycles. The molecule has 0 radical (unpaired) electrons. The average molecular weight is 252 g/mol. The van der Waals surface area contributed by atoms with Gasteiger partial charge in [0.1, 0.15) is 23.1 Å². The molecule has 18 heavy (non-hydrogen) atoms. The van der Waals surface area contributed by atoms with E-state index < -0.39 is 17.5 Å².